The molecule has 1 fully saturated rings. The zero-order chi connectivity index (χ0) is 15.6. The van der Waals surface area contributed by atoms with Gasteiger partial charge in [0.15, 0.2) is 5.84 Å². The number of rotatable bonds is 8. The Morgan fingerprint density at radius 3 is 2.52 bits per heavy atom. The molecule has 0 unspecified atom stereocenters. The molecule has 0 atom stereocenters. The third-order valence-corrected chi connectivity index (χ3v) is 4.09. The molecule has 0 aromatic rings. The van der Waals surface area contributed by atoms with Gasteiger partial charge in [-0.25, -0.2) is 0 Å². The SMILES string of the molecule is CCCOCCCNC(=O)C1(C(N)=NO)CCCCCC1. The third-order valence-electron chi connectivity index (χ3n) is 4.09. The highest BCUT2D eigenvalue weighted by Crippen LogP contribution is 2.35. The van der Waals surface area contributed by atoms with Crippen molar-refractivity contribution < 1.29 is 14.7 Å². The van der Waals surface area contributed by atoms with E-state index in [1.54, 1.807) is 0 Å². The number of amides is 1. The van der Waals surface area contributed by atoms with E-state index in [2.05, 4.69) is 17.4 Å². The Hall–Kier alpha value is -1.30. The van der Waals surface area contributed by atoms with E-state index in [1.807, 2.05) is 0 Å². The van der Waals surface area contributed by atoms with Crippen molar-refractivity contribution in [2.24, 2.45) is 16.3 Å². The number of nitrogens with zero attached hydrogens (tertiary/aromatic N) is 1. The summed E-state index contributed by atoms with van der Waals surface area (Å²) in [5, 5.41) is 15.1. The van der Waals surface area contributed by atoms with Crippen molar-refractivity contribution in [2.45, 2.75) is 58.3 Å². The molecule has 6 nitrogen and oxygen atoms in total. The number of carbonyl (C=O) groups is 1. The fraction of sp³-hybridized carbons (Fsp3) is 0.867. The normalized spacial score (nSPS) is 19.0. The molecule has 1 rings (SSSR count). The second-order valence-corrected chi connectivity index (χ2v) is 5.70. The third kappa shape index (κ3) is 5.19. The molecule has 0 aliphatic heterocycles. The van der Waals surface area contributed by atoms with Gasteiger partial charge in [-0.3, -0.25) is 4.79 Å². The Morgan fingerprint density at radius 2 is 1.95 bits per heavy atom. The standard InChI is InChI=1S/C15H29N3O3/c1-2-11-21-12-7-10-17-14(19)15(13(16)18-20)8-5-3-4-6-9-15/h20H,2-12H2,1H3,(H2,16,18)(H,17,19). The van der Waals surface area contributed by atoms with Crippen LogP contribution in [0.1, 0.15) is 58.3 Å². The first-order valence-electron chi connectivity index (χ1n) is 8.01. The van der Waals surface area contributed by atoms with Crippen LogP contribution in [-0.2, 0) is 9.53 Å². The Bertz CT molecular complexity index is 337. The van der Waals surface area contributed by atoms with Crippen LogP contribution in [0.25, 0.3) is 0 Å². The van der Waals surface area contributed by atoms with Crippen molar-refractivity contribution >= 4 is 11.7 Å². The number of carbonyl (C=O) groups excluding carboxylic acids is 1. The predicted molar refractivity (Wildman–Crippen MR) is 82.3 cm³/mol. The summed E-state index contributed by atoms with van der Waals surface area (Å²) in [6.45, 7) is 4.02. The summed E-state index contributed by atoms with van der Waals surface area (Å²) >= 11 is 0. The van der Waals surface area contributed by atoms with Crippen LogP contribution in [-0.4, -0.2) is 36.7 Å². The van der Waals surface area contributed by atoms with Crippen LogP contribution in [0, 0.1) is 5.41 Å². The zero-order valence-electron chi connectivity index (χ0n) is 13.1. The summed E-state index contributed by atoms with van der Waals surface area (Å²) in [7, 11) is 0. The first kappa shape index (κ1) is 17.8. The maximum absolute atomic E-state index is 12.5. The van der Waals surface area contributed by atoms with Crippen molar-refractivity contribution in [3.8, 4) is 0 Å². The highest BCUT2D eigenvalue weighted by Gasteiger charge is 2.42. The van der Waals surface area contributed by atoms with Crippen LogP contribution >= 0.6 is 0 Å². The summed E-state index contributed by atoms with van der Waals surface area (Å²) in [4.78, 5) is 12.5. The number of nitrogens with two attached hydrogens (primary N) is 1. The quantitative estimate of drug-likeness (QED) is 0.159. The minimum absolute atomic E-state index is 0.0455. The van der Waals surface area contributed by atoms with Crippen LogP contribution in [0.3, 0.4) is 0 Å². The van der Waals surface area contributed by atoms with Gasteiger partial charge < -0.3 is 21.0 Å². The fourth-order valence-corrected chi connectivity index (χ4v) is 2.82. The van der Waals surface area contributed by atoms with Crippen molar-refractivity contribution in [2.75, 3.05) is 19.8 Å². The van der Waals surface area contributed by atoms with E-state index in [4.69, 9.17) is 15.7 Å². The Balaban J connectivity index is 2.52. The smallest absolute Gasteiger partial charge is 0.233 e. The summed E-state index contributed by atoms with van der Waals surface area (Å²) in [5.41, 5.74) is 5.00. The Labute approximate surface area is 127 Å². The van der Waals surface area contributed by atoms with E-state index >= 15 is 0 Å². The molecule has 1 amide bonds. The molecule has 0 aromatic heterocycles. The number of nitrogens with one attached hydrogen (secondary N) is 1. The van der Waals surface area contributed by atoms with Gasteiger partial charge in [0.1, 0.15) is 5.41 Å². The molecule has 0 spiro atoms. The average molecular weight is 299 g/mol. The van der Waals surface area contributed by atoms with Crippen molar-refractivity contribution in [3.05, 3.63) is 0 Å². The molecule has 1 saturated carbocycles. The lowest BCUT2D eigenvalue weighted by Gasteiger charge is -2.29. The van der Waals surface area contributed by atoms with E-state index < -0.39 is 5.41 Å². The maximum Gasteiger partial charge on any atom is 0.233 e. The number of amidine groups is 1. The van der Waals surface area contributed by atoms with Crippen molar-refractivity contribution in [1.82, 2.24) is 5.32 Å². The van der Waals surface area contributed by atoms with E-state index in [-0.39, 0.29) is 11.7 Å². The Kier molecular flexibility index (Phi) is 8.12. The second kappa shape index (κ2) is 9.60. The number of ether oxygens (including phenoxy) is 1. The van der Waals surface area contributed by atoms with Crippen molar-refractivity contribution in [3.63, 3.8) is 0 Å². The van der Waals surface area contributed by atoms with Crippen LogP contribution in [0.5, 0.6) is 0 Å². The van der Waals surface area contributed by atoms with E-state index in [0.717, 1.165) is 45.1 Å². The molecule has 6 heteroatoms. The zero-order valence-corrected chi connectivity index (χ0v) is 13.1. The Morgan fingerprint density at radius 1 is 1.29 bits per heavy atom. The van der Waals surface area contributed by atoms with E-state index in [1.165, 1.54) is 0 Å². The van der Waals surface area contributed by atoms with Gasteiger partial charge in [0, 0.05) is 19.8 Å². The topological polar surface area (TPSA) is 96.9 Å². The lowest BCUT2D eigenvalue weighted by molar-refractivity contribution is -0.128. The first-order valence-corrected chi connectivity index (χ1v) is 8.01. The largest absolute Gasteiger partial charge is 0.409 e. The average Bonchev–Trinajstić information content (AvgIpc) is 2.76. The van der Waals surface area contributed by atoms with Gasteiger partial charge >= 0.3 is 0 Å². The lowest BCUT2D eigenvalue weighted by atomic mass is 9.78. The van der Waals surface area contributed by atoms with Crippen LogP contribution in [0.15, 0.2) is 5.16 Å². The summed E-state index contributed by atoms with van der Waals surface area (Å²) in [6, 6.07) is 0. The summed E-state index contributed by atoms with van der Waals surface area (Å²) < 4.78 is 5.38. The molecule has 0 heterocycles. The van der Waals surface area contributed by atoms with Gasteiger partial charge in [-0.2, -0.15) is 0 Å². The molecule has 0 saturated heterocycles. The van der Waals surface area contributed by atoms with Gasteiger partial charge in [0.25, 0.3) is 0 Å². The van der Waals surface area contributed by atoms with E-state index in [0.29, 0.717) is 26.0 Å². The second-order valence-electron chi connectivity index (χ2n) is 5.70. The van der Waals surface area contributed by atoms with Gasteiger partial charge in [0.05, 0.1) is 0 Å². The lowest BCUT2D eigenvalue weighted by Crippen LogP contribution is -2.50. The minimum atomic E-state index is -0.838. The monoisotopic (exact) mass is 299 g/mol. The molecular formula is C15H29N3O3. The number of hydrogen-bond acceptors (Lipinski definition) is 4. The van der Waals surface area contributed by atoms with Gasteiger partial charge in [-0.1, -0.05) is 37.8 Å². The van der Waals surface area contributed by atoms with Crippen LogP contribution < -0.4 is 11.1 Å². The van der Waals surface area contributed by atoms with Gasteiger partial charge in [-0.15, -0.1) is 0 Å². The molecule has 4 N–H and O–H groups in total. The fourth-order valence-electron chi connectivity index (χ4n) is 2.82. The maximum atomic E-state index is 12.5. The molecule has 0 radical (unpaired) electrons. The molecular weight excluding hydrogens is 270 g/mol. The molecule has 1 aliphatic rings. The number of hydrogen-bond donors (Lipinski definition) is 3. The minimum Gasteiger partial charge on any atom is -0.409 e. The van der Waals surface area contributed by atoms with Crippen molar-refractivity contribution in [1.29, 1.82) is 0 Å². The molecule has 122 valence electrons. The molecule has 1 aliphatic carbocycles. The first-order chi connectivity index (χ1) is 10.2. The van der Waals surface area contributed by atoms with Crippen LogP contribution in [0.2, 0.25) is 0 Å². The molecule has 21 heavy (non-hydrogen) atoms. The number of oxime groups is 1. The molecule has 0 bridgehead atoms. The predicted octanol–water partition coefficient (Wildman–Crippen LogP) is 2.01. The van der Waals surface area contributed by atoms with Gasteiger partial charge in [0.2, 0.25) is 5.91 Å². The highest BCUT2D eigenvalue weighted by molar-refractivity contribution is 6.06. The van der Waals surface area contributed by atoms with Gasteiger partial charge in [-0.05, 0) is 25.7 Å². The summed E-state index contributed by atoms with van der Waals surface area (Å²) in [5.74, 6) is -0.0701. The van der Waals surface area contributed by atoms with E-state index in [9.17, 15) is 4.79 Å². The van der Waals surface area contributed by atoms with Crippen LogP contribution in [0.4, 0.5) is 0 Å². The molecule has 0 aromatic carbocycles. The summed E-state index contributed by atoms with van der Waals surface area (Å²) in [6.07, 6.45) is 7.14. The highest BCUT2D eigenvalue weighted by atomic mass is 16.5.